The average molecular weight is 2360 g/mol. The molecular formula is C55H39ClI6N10O8P2Y6-6. The maximum Gasteiger partial charge on any atom is 0.359 e. The molecule has 2 unspecified atom stereocenters. The molecule has 10 rings (SSSR count). The molecule has 0 aliphatic rings. The van der Waals surface area contributed by atoms with Gasteiger partial charge in [0.25, 0.3) is 5.91 Å². The van der Waals surface area contributed by atoms with Gasteiger partial charge in [-0.25, -0.2) is 4.79 Å². The summed E-state index contributed by atoms with van der Waals surface area (Å²) < 4.78 is 15.2. The van der Waals surface area contributed by atoms with E-state index in [-0.39, 0.29) is 226 Å². The Morgan fingerprint density at radius 2 is 0.989 bits per heavy atom. The van der Waals surface area contributed by atoms with Gasteiger partial charge < -0.3 is 66.4 Å². The van der Waals surface area contributed by atoms with Crippen molar-refractivity contribution < 1.29 is 220 Å². The molecule has 18 nitrogen and oxygen atoms in total. The summed E-state index contributed by atoms with van der Waals surface area (Å²) in [6.45, 7) is 0.852. The number of benzene rings is 7. The number of rotatable bonds is 7. The van der Waals surface area contributed by atoms with Gasteiger partial charge in [-0.2, -0.15) is 124 Å². The van der Waals surface area contributed by atoms with Crippen molar-refractivity contribution in [1.82, 2.24) is 35.9 Å². The Hall–Kier alpha value is 1.93. The van der Waals surface area contributed by atoms with Crippen LogP contribution >= 0.6 is 166 Å². The minimum Gasteiger partial charge on any atom is -0.476 e. The average Bonchev–Trinajstić information content (AvgIpc) is 3.67. The van der Waals surface area contributed by atoms with Gasteiger partial charge in [-0.15, -0.1) is 154 Å². The third kappa shape index (κ3) is 29.6. The maximum atomic E-state index is 12.4. The summed E-state index contributed by atoms with van der Waals surface area (Å²) in [6, 6.07) is 48.8. The smallest absolute Gasteiger partial charge is 0.359 e. The van der Waals surface area contributed by atoms with E-state index in [9.17, 15) is 24.0 Å². The minimum absolute atomic E-state index is 0. The quantitative estimate of drug-likeness (QED) is 0.0242. The predicted octanol–water partition coefficient (Wildman–Crippen LogP) is 10.7. The monoisotopic (exact) mass is 2360 g/mol. The fourth-order valence-corrected chi connectivity index (χ4v) is 10.2. The molecule has 7 aromatic carbocycles. The van der Waals surface area contributed by atoms with Crippen LogP contribution in [-0.2, 0) is 218 Å². The fourth-order valence-electron chi connectivity index (χ4n) is 6.16. The number of carboxylic acids is 1. The first-order valence-corrected chi connectivity index (χ1v) is 30.4. The molecule has 0 saturated heterocycles. The number of nitrogens with zero attached hydrogens (tertiary/aromatic N) is 3. The second-order valence-electron chi connectivity index (χ2n) is 15.6. The molecule has 10 aromatic rings. The number of H-pyrrole nitrogens is 3. The van der Waals surface area contributed by atoms with E-state index >= 15 is 0 Å². The number of hydrogen-bond acceptors (Lipinski definition) is 13. The SMILES string of the molecule is Nc1c(I)c[c-]cc1C#CCOP.Nc1c(I)c[c-]cc1I.Nc1cc[c-]cc1.O=C(NCc1ccc(Cl)cc1)c1n[nH]c2c(I)c[c-]cc2c1=O.O=C(O)c1n[nH]c2c(I)c[c-]cc2c1=O.O=c1c(COP)n[nH]c2c(I)c[c-]cc12.[Y].[Y].[Y].[Y].[Y].[Y]. The Morgan fingerprint density at radius 3 is 1.43 bits per heavy atom. The molecule has 11 N–H and O–H groups in total. The van der Waals surface area contributed by atoms with Crippen LogP contribution < -0.4 is 38.8 Å². The van der Waals surface area contributed by atoms with E-state index in [0.29, 0.717) is 44.8 Å². The molecule has 33 heteroatoms. The Morgan fingerprint density at radius 1 is 0.568 bits per heavy atom. The van der Waals surface area contributed by atoms with Crippen molar-refractivity contribution in [2.75, 3.05) is 23.8 Å². The zero-order chi connectivity index (χ0) is 59.9. The number of halogens is 7. The molecule has 2 atom stereocenters. The Balaban J connectivity index is 0. The summed E-state index contributed by atoms with van der Waals surface area (Å²) in [5.74, 6) is 3.87. The van der Waals surface area contributed by atoms with Crippen LogP contribution in [-0.4, -0.2) is 54.2 Å². The number of nitrogens with one attached hydrogen (secondary N) is 4. The van der Waals surface area contributed by atoms with Gasteiger partial charge >= 0.3 is 5.97 Å². The zero-order valence-corrected chi connectivity index (χ0v) is 78.2. The molecule has 1 amide bonds. The van der Waals surface area contributed by atoms with E-state index in [1.807, 2.05) is 40.8 Å². The van der Waals surface area contributed by atoms with Crippen molar-refractivity contribution in [2.45, 2.75) is 13.2 Å². The molecule has 88 heavy (non-hydrogen) atoms. The van der Waals surface area contributed by atoms with Gasteiger partial charge in [-0.1, -0.05) is 89.9 Å². The van der Waals surface area contributed by atoms with E-state index in [0.717, 1.165) is 49.4 Å². The number of carbonyl (C=O) groups is 2. The van der Waals surface area contributed by atoms with Crippen molar-refractivity contribution in [3.05, 3.63) is 231 Å². The van der Waals surface area contributed by atoms with E-state index in [4.69, 9.17) is 43.0 Å². The summed E-state index contributed by atoms with van der Waals surface area (Å²) in [7, 11) is 4.24. The molecule has 440 valence electrons. The Kier molecular flexibility index (Phi) is 51.7. The normalized spacial score (nSPS) is 9.42. The summed E-state index contributed by atoms with van der Waals surface area (Å²) in [4.78, 5) is 58.8. The molecule has 0 saturated carbocycles. The van der Waals surface area contributed by atoms with Crippen LogP contribution in [0.15, 0.2) is 124 Å². The molecule has 3 aromatic heterocycles. The topological polar surface area (TPSA) is 300 Å². The van der Waals surface area contributed by atoms with Crippen LogP contribution in [0, 0.1) is 69.7 Å². The molecule has 6 radical (unpaired) electrons. The van der Waals surface area contributed by atoms with E-state index in [1.165, 1.54) is 6.07 Å². The number of aromatic amines is 3. The van der Waals surface area contributed by atoms with Crippen LogP contribution in [0.3, 0.4) is 0 Å². The Labute approximate surface area is 748 Å². The van der Waals surface area contributed by atoms with Gasteiger partial charge in [0.2, 0.25) is 5.69 Å². The van der Waals surface area contributed by atoms with Gasteiger partial charge in [-0.3, -0.25) is 4.79 Å². The number of nitrogens with two attached hydrogens (primary N) is 3. The minimum atomic E-state index is -1.34. The largest absolute Gasteiger partial charge is 0.476 e. The molecule has 0 fully saturated rings. The third-order valence-corrected chi connectivity index (χ3v) is 16.0. The number of carbonyl (C=O) groups excluding carboxylic acids is 1. The molecule has 0 aliphatic heterocycles. The molecular weight excluding hydrogens is 2320 g/mol. The van der Waals surface area contributed by atoms with Crippen LogP contribution in [0.5, 0.6) is 0 Å². The second-order valence-corrected chi connectivity index (χ2v) is 23.7. The van der Waals surface area contributed by atoms with Crippen LogP contribution in [0.25, 0.3) is 32.7 Å². The molecule has 0 spiro atoms. The van der Waals surface area contributed by atoms with E-state index < -0.39 is 28.4 Å². The number of hydrogen-bond donors (Lipinski definition) is 8. The molecule has 3 heterocycles. The van der Waals surface area contributed by atoms with Crippen LogP contribution in [0.2, 0.25) is 5.02 Å². The first-order chi connectivity index (χ1) is 39.3. The first kappa shape index (κ1) is 92.0. The van der Waals surface area contributed by atoms with Crippen molar-refractivity contribution in [3.8, 4) is 11.8 Å². The number of aromatic nitrogens is 6. The van der Waals surface area contributed by atoms with Crippen molar-refractivity contribution >= 4 is 228 Å². The number of fused-ring (bicyclic) bond motifs is 3. The summed E-state index contributed by atoms with van der Waals surface area (Å²) in [5.41, 5.74) is 21.3. The van der Waals surface area contributed by atoms with Gasteiger partial charge in [0, 0.05) is 227 Å². The van der Waals surface area contributed by atoms with Gasteiger partial charge in [0.15, 0.2) is 22.0 Å². The van der Waals surface area contributed by atoms with Crippen LogP contribution in [0.1, 0.15) is 37.8 Å². The molecule has 0 bridgehead atoms. The van der Waals surface area contributed by atoms with Crippen molar-refractivity contribution in [3.63, 3.8) is 0 Å². The fraction of sp³-hybridized carbons (Fsp3) is 0.0545. The summed E-state index contributed by atoms with van der Waals surface area (Å²) in [6.07, 6.45) is 0. The predicted molar refractivity (Wildman–Crippen MR) is 376 cm³/mol. The third-order valence-electron chi connectivity index (χ3n) is 10.2. The number of amides is 1. The van der Waals surface area contributed by atoms with Gasteiger partial charge in [-0.05, 0) is 34.2 Å². The maximum absolute atomic E-state index is 12.4. The number of aromatic carboxylic acids is 1. The van der Waals surface area contributed by atoms with Crippen molar-refractivity contribution in [1.29, 1.82) is 0 Å². The first-order valence-electron chi connectivity index (χ1n) is 22.7. The standard InChI is InChI=1S/C16H10ClIN3O2.C9H4IN2O3.C9H7IN2O2P.C9H8INOP.C6H4I2N.C6H6N.6Y/c17-10-6-4-9(5-7-10)8-19-16(23)14-15(22)11-2-1-3-12(18)13(11)20-21-14;10-5-3-1-2-4-6(5)11-12-7(8(4)13)9(14)15;10-6-3-1-2-5-8(6)12-11-7(4-14-15)9(5)13;10-8-5-1-3-7(9(8)11)4-2-6-12-13;7-4-2-1-3-5(8)6(4)9;7-6-4-2-1-3-5-6;;;;;;/h2-7H,8H2,(H,19,23)(H,20,22);2-3H,(H,11,13)(H,14,15);2-3H,4,15H2,(H,12,13);3,5H,6,11,13H2;2-3H,9H2;2-5H,7H2;;;;;;/q6*-1;;;;;;. The summed E-state index contributed by atoms with van der Waals surface area (Å²) in [5, 5.41) is 32.8. The number of anilines is 3. The van der Waals surface area contributed by atoms with Crippen molar-refractivity contribution in [2.24, 2.45) is 0 Å². The Bertz CT molecular complexity index is 4110. The van der Waals surface area contributed by atoms with E-state index in [1.54, 1.807) is 84.9 Å². The van der Waals surface area contributed by atoms with Gasteiger partial charge in [0.1, 0.15) is 12.3 Å². The van der Waals surface area contributed by atoms with Crippen LogP contribution in [0.4, 0.5) is 17.1 Å². The van der Waals surface area contributed by atoms with E-state index in [2.05, 4.69) is 216 Å². The number of nitrogen functional groups attached to an aromatic ring is 3. The van der Waals surface area contributed by atoms with Gasteiger partial charge in [0.05, 0.1) is 6.61 Å². The zero-order valence-electron chi connectivity index (χ0n) is 45.2. The summed E-state index contributed by atoms with van der Waals surface area (Å²) >= 11 is 18.6. The number of carboxylic acid groups (broad SMARTS) is 1. The second kappa shape index (κ2) is 49.4. The molecule has 0 aliphatic carbocycles.